The number of halogens is 1. The van der Waals surface area contributed by atoms with E-state index in [2.05, 4.69) is 4.99 Å². The number of amides is 1. The van der Waals surface area contributed by atoms with Crippen LogP contribution in [0.3, 0.4) is 0 Å². The Morgan fingerprint density at radius 1 is 1.15 bits per heavy atom. The summed E-state index contributed by atoms with van der Waals surface area (Å²) < 4.78 is 26.9. The van der Waals surface area contributed by atoms with Crippen LogP contribution in [0.25, 0.3) is 21.2 Å². The van der Waals surface area contributed by atoms with E-state index in [9.17, 15) is 13.2 Å². The lowest BCUT2D eigenvalue weighted by molar-refractivity contribution is 0.101. The molecule has 3 rings (SSSR count). The predicted molar refractivity (Wildman–Crippen MR) is 110 cm³/mol. The highest BCUT2D eigenvalue weighted by Crippen LogP contribution is 2.34. The van der Waals surface area contributed by atoms with E-state index in [0.29, 0.717) is 16.2 Å². The molecule has 0 unspecified atom stereocenters. The first kappa shape index (κ1) is 20.8. The number of thiophene rings is 1. The number of rotatable bonds is 2. The molecule has 27 heavy (non-hydrogen) atoms. The maximum Gasteiger partial charge on any atom is 0.290 e. The second kappa shape index (κ2) is 8.49. The molecule has 0 saturated heterocycles. The number of guanidine groups is 1. The number of hydrogen-bond donors (Lipinski definition) is 3. The zero-order chi connectivity index (χ0) is 20.2. The van der Waals surface area contributed by atoms with E-state index in [1.807, 2.05) is 48.5 Å². The normalized spacial score (nSPS) is 10.8. The minimum Gasteiger partial charge on any atom is -0.370 e. The van der Waals surface area contributed by atoms with E-state index in [0.717, 1.165) is 21.2 Å². The fourth-order valence-corrected chi connectivity index (χ4v) is 3.32. The van der Waals surface area contributed by atoms with Crippen LogP contribution in [-0.4, -0.2) is 31.1 Å². The van der Waals surface area contributed by atoms with Gasteiger partial charge in [-0.2, -0.15) is 13.4 Å². The molecule has 0 atom stereocenters. The van der Waals surface area contributed by atoms with Gasteiger partial charge in [0.2, 0.25) is 0 Å². The summed E-state index contributed by atoms with van der Waals surface area (Å²) in [5.41, 5.74) is 12.6. The molecule has 7 nitrogen and oxygen atoms in total. The first-order valence-corrected chi connectivity index (χ1v) is 10.4. The topological polar surface area (TPSA) is 136 Å². The summed E-state index contributed by atoms with van der Waals surface area (Å²) in [6.45, 7) is 0. The summed E-state index contributed by atoms with van der Waals surface area (Å²) in [5.74, 6) is -0.663. The van der Waals surface area contributed by atoms with Crippen molar-refractivity contribution in [1.82, 2.24) is 0 Å². The van der Waals surface area contributed by atoms with Crippen molar-refractivity contribution in [2.45, 2.75) is 0 Å². The molecule has 1 aromatic heterocycles. The molecular weight excluding hydrogens is 410 g/mol. The number of hydrogen-bond acceptors (Lipinski definition) is 4. The molecule has 0 aliphatic carbocycles. The second-order valence-electron chi connectivity index (χ2n) is 5.41. The molecule has 0 radical (unpaired) electrons. The van der Waals surface area contributed by atoms with Crippen molar-refractivity contribution >= 4 is 55.0 Å². The van der Waals surface area contributed by atoms with Gasteiger partial charge in [-0.05, 0) is 35.4 Å². The van der Waals surface area contributed by atoms with Crippen molar-refractivity contribution in [2.75, 3.05) is 6.26 Å². The monoisotopic (exact) mass is 425 g/mol. The molecule has 0 aliphatic heterocycles. The fourth-order valence-electron chi connectivity index (χ4n) is 2.22. The molecule has 142 valence electrons. The standard InChI is InChI=1S/C16H12ClN3OS.CH4O3S/c17-10-6-4-9(5-7-10)11-2-1-3-13-12(11)8-14(22-13)15(21)20-16(18)19;1-5(2,3)4/h1-8H,(H4,18,19,20,21);1H3,(H,2,3,4). The van der Waals surface area contributed by atoms with Crippen LogP contribution in [0.1, 0.15) is 9.67 Å². The molecule has 2 aromatic carbocycles. The second-order valence-corrected chi connectivity index (χ2v) is 8.40. The third kappa shape index (κ3) is 6.33. The minimum absolute atomic E-state index is 0.236. The van der Waals surface area contributed by atoms with Crippen LogP contribution in [0.15, 0.2) is 53.5 Å². The van der Waals surface area contributed by atoms with Gasteiger partial charge in [0.1, 0.15) is 0 Å². The van der Waals surface area contributed by atoms with Crippen LogP contribution >= 0.6 is 22.9 Å². The van der Waals surface area contributed by atoms with Gasteiger partial charge in [-0.25, -0.2) is 0 Å². The lowest BCUT2D eigenvalue weighted by Crippen LogP contribution is -2.24. The van der Waals surface area contributed by atoms with E-state index in [4.69, 9.17) is 27.6 Å². The van der Waals surface area contributed by atoms with E-state index in [-0.39, 0.29) is 5.96 Å². The van der Waals surface area contributed by atoms with Crippen molar-refractivity contribution in [1.29, 1.82) is 0 Å². The quantitative estimate of drug-likeness (QED) is 0.328. The lowest BCUT2D eigenvalue weighted by Gasteiger charge is -2.03. The van der Waals surface area contributed by atoms with E-state index < -0.39 is 16.0 Å². The highest BCUT2D eigenvalue weighted by atomic mass is 35.5. The molecule has 0 fully saturated rings. The van der Waals surface area contributed by atoms with Crippen LogP contribution in [0.2, 0.25) is 5.02 Å². The molecule has 3 aromatic rings. The molecule has 0 aliphatic rings. The van der Waals surface area contributed by atoms with Crippen LogP contribution < -0.4 is 11.5 Å². The third-order valence-electron chi connectivity index (χ3n) is 3.16. The van der Waals surface area contributed by atoms with Gasteiger partial charge in [0, 0.05) is 15.1 Å². The van der Waals surface area contributed by atoms with Gasteiger partial charge in [0.15, 0.2) is 5.96 Å². The lowest BCUT2D eigenvalue weighted by atomic mass is 10.0. The summed E-state index contributed by atoms with van der Waals surface area (Å²) in [7, 11) is -3.67. The summed E-state index contributed by atoms with van der Waals surface area (Å²) in [4.78, 5) is 16.1. The van der Waals surface area contributed by atoms with Gasteiger partial charge in [-0.15, -0.1) is 11.3 Å². The molecule has 0 saturated carbocycles. The molecule has 1 heterocycles. The molecule has 5 N–H and O–H groups in total. The fraction of sp³-hybridized carbons (Fsp3) is 0.0588. The molecule has 0 spiro atoms. The number of carbonyl (C=O) groups excluding carboxylic acids is 1. The highest BCUT2D eigenvalue weighted by molar-refractivity contribution is 7.85. The number of benzene rings is 2. The zero-order valence-corrected chi connectivity index (χ0v) is 16.5. The zero-order valence-electron chi connectivity index (χ0n) is 14.1. The predicted octanol–water partition coefficient (Wildman–Crippen LogP) is 3.14. The van der Waals surface area contributed by atoms with Crippen molar-refractivity contribution in [2.24, 2.45) is 16.5 Å². The SMILES string of the molecule is CS(=O)(=O)O.NC(N)=NC(=O)c1cc2c(-c3ccc(Cl)cc3)cccc2s1. The average molecular weight is 426 g/mol. The Hall–Kier alpha value is -2.46. The smallest absolute Gasteiger partial charge is 0.290 e. The summed E-state index contributed by atoms with van der Waals surface area (Å²) >= 11 is 7.30. The van der Waals surface area contributed by atoms with E-state index in [1.54, 1.807) is 0 Å². The number of fused-ring (bicyclic) bond motifs is 1. The first-order valence-electron chi connectivity index (χ1n) is 7.39. The van der Waals surface area contributed by atoms with Gasteiger partial charge in [-0.1, -0.05) is 35.9 Å². The van der Waals surface area contributed by atoms with Crippen LogP contribution in [0.4, 0.5) is 0 Å². The molecule has 1 amide bonds. The van der Waals surface area contributed by atoms with E-state index >= 15 is 0 Å². The van der Waals surface area contributed by atoms with E-state index in [1.165, 1.54) is 11.3 Å². The van der Waals surface area contributed by atoms with Gasteiger partial charge < -0.3 is 11.5 Å². The van der Waals surface area contributed by atoms with Gasteiger partial charge in [0.25, 0.3) is 16.0 Å². The van der Waals surface area contributed by atoms with Gasteiger partial charge in [-0.3, -0.25) is 9.35 Å². The van der Waals surface area contributed by atoms with Crippen molar-refractivity contribution < 1.29 is 17.8 Å². The van der Waals surface area contributed by atoms with Crippen LogP contribution in [-0.2, 0) is 10.1 Å². The Balaban J connectivity index is 0.000000465. The van der Waals surface area contributed by atoms with Crippen molar-refractivity contribution in [3.05, 3.63) is 58.4 Å². The Morgan fingerprint density at radius 2 is 1.74 bits per heavy atom. The molecular formula is C17H16ClN3O4S2. The summed E-state index contributed by atoms with van der Waals surface area (Å²) in [6.07, 6.45) is 0.715. The number of nitrogens with zero attached hydrogens (tertiary/aromatic N) is 1. The van der Waals surface area contributed by atoms with Gasteiger partial charge in [0.05, 0.1) is 11.1 Å². The maximum atomic E-state index is 12.0. The maximum absolute atomic E-state index is 12.0. The number of carbonyl (C=O) groups is 1. The molecule has 0 bridgehead atoms. The number of nitrogens with two attached hydrogens (primary N) is 2. The molecule has 10 heteroatoms. The average Bonchev–Trinajstić information content (AvgIpc) is 2.98. The Labute approximate surface area is 165 Å². The summed E-state index contributed by atoms with van der Waals surface area (Å²) in [5, 5.41) is 1.67. The van der Waals surface area contributed by atoms with Crippen LogP contribution in [0.5, 0.6) is 0 Å². The Kier molecular flexibility index (Phi) is 6.55. The number of aliphatic imine (C=N–C) groups is 1. The largest absolute Gasteiger partial charge is 0.370 e. The van der Waals surface area contributed by atoms with Crippen LogP contribution in [0, 0.1) is 0 Å². The minimum atomic E-state index is -3.67. The highest BCUT2D eigenvalue weighted by Gasteiger charge is 2.12. The Bertz CT molecular complexity index is 1090. The third-order valence-corrected chi connectivity index (χ3v) is 4.50. The van der Waals surface area contributed by atoms with Gasteiger partial charge >= 0.3 is 0 Å². The summed E-state index contributed by atoms with van der Waals surface area (Å²) in [6, 6.07) is 15.3. The first-order chi connectivity index (χ1) is 12.5. The van der Waals surface area contributed by atoms with Crippen molar-refractivity contribution in [3.63, 3.8) is 0 Å². The Morgan fingerprint density at radius 3 is 2.30 bits per heavy atom. The van der Waals surface area contributed by atoms with Crippen molar-refractivity contribution in [3.8, 4) is 11.1 Å².